The smallest absolute Gasteiger partial charge is 0.326 e. The van der Waals surface area contributed by atoms with Crippen LogP contribution in [-0.2, 0) is 4.79 Å². The molecule has 1 atom stereocenters. The third kappa shape index (κ3) is 4.59. The lowest BCUT2D eigenvalue weighted by atomic mass is 10.0. The number of hydrogen-bond acceptors (Lipinski definition) is 4. The van der Waals surface area contributed by atoms with Crippen molar-refractivity contribution in [3.8, 4) is 11.4 Å². The van der Waals surface area contributed by atoms with E-state index in [4.69, 9.17) is 4.74 Å². The molecule has 0 bridgehead atoms. The molecular weight excluding hydrogens is 322 g/mol. The van der Waals surface area contributed by atoms with E-state index in [1.54, 1.807) is 30.0 Å². The van der Waals surface area contributed by atoms with E-state index in [-0.39, 0.29) is 11.6 Å². The van der Waals surface area contributed by atoms with E-state index in [0.717, 1.165) is 17.1 Å². The number of nitrogens with one attached hydrogen (secondary N) is 1. The molecule has 0 fully saturated rings. The van der Waals surface area contributed by atoms with Crippen molar-refractivity contribution in [3.63, 3.8) is 0 Å². The van der Waals surface area contributed by atoms with Crippen molar-refractivity contribution >= 4 is 11.9 Å². The molecule has 0 aliphatic rings. The molecule has 2 rings (SSSR count). The second kappa shape index (κ2) is 7.83. The predicted octanol–water partition coefficient (Wildman–Crippen LogP) is 2.42. The number of benzene rings is 1. The molecule has 7 heteroatoms. The maximum absolute atomic E-state index is 12.4. The van der Waals surface area contributed by atoms with Crippen molar-refractivity contribution in [1.29, 1.82) is 0 Å². The summed E-state index contributed by atoms with van der Waals surface area (Å²) in [5.41, 5.74) is 1.74. The minimum atomic E-state index is -1.05. The number of rotatable bonds is 7. The lowest BCUT2D eigenvalue weighted by Gasteiger charge is -2.15. The van der Waals surface area contributed by atoms with Gasteiger partial charge in [-0.2, -0.15) is 5.10 Å². The van der Waals surface area contributed by atoms with Crippen molar-refractivity contribution in [2.75, 3.05) is 7.11 Å². The SMILES string of the molecule is COc1ccc(-n2nc(C(=O)NC(CC(C)C)C(=O)O)cc2C)cc1. The average Bonchev–Trinajstić information content (AvgIpc) is 2.95. The van der Waals surface area contributed by atoms with Gasteiger partial charge >= 0.3 is 5.97 Å². The Kier molecular flexibility index (Phi) is 5.80. The van der Waals surface area contributed by atoms with Crippen LogP contribution in [0.25, 0.3) is 5.69 Å². The molecule has 7 nitrogen and oxygen atoms in total. The van der Waals surface area contributed by atoms with E-state index in [2.05, 4.69) is 10.4 Å². The molecule has 0 saturated heterocycles. The summed E-state index contributed by atoms with van der Waals surface area (Å²) in [5.74, 6) is -0.665. The Bertz CT molecular complexity index is 750. The quantitative estimate of drug-likeness (QED) is 0.804. The summed E-state index contributed by atoms with van der Waals surface area (Å²) in [6.45, 7) is 5.64. The van der Waals surface area contributed by atoms with Gasteiger partial charge in [0.25, 0.3) is 5.91 Å². The number of aromatic nitrogens is 2. The zero-order valence-corrected chi connectivity index (χ0v) is 14.8. The molecule has 134 valence electrons. The second-order valence-electron chi connectivity index (χ2n) is 6.27. The minimum absolute atomic E-state index is 0.153. The van der Waals surface area contributed by atoms with Gasteiger partial charge in [0.1, 0.15) is 11.8 Å². The standard InChI is InChI=1S/C18H23N3O4/c1-11(2)9-16(18(23)24)19-17(22)15-10-12(3)21(20-15)13-5-7-14(25-4)8-6-13/h5-8,10-11,16H,9H2,1-4H3,(H,19,22)(H,23,24). The van der Waals surface area contributed by atoms with Crippen LogP contribution in [0.3, 0.4) is 0 Å². The number of amides is 1. The highest BCUT2D eigenvalue weighted by atomic mass is 16.5. The topological polar surface area (TPSA) is 93.5 Å². The molecule has 1 amide bonds. The molecule has 1 heterocycles. The maximum Gasteiger partial charge on any atom is 0.326 e. The number of methoxy groups -OCH3 is 1. The minimum Gasteiger partial charge on any atom is -0.497 e. The van der Waals surface area contributed by atoms with Crippen LogP contribution in [0.4, 0.5) is 0 Å². The number of hydrogen-bond donors (Lipinski definition) is 2. The van der Waals surface area contributed by atoms with Gasteiger partial charge in [-0.1, -0.05) is 13.8 Å². The van der Waals surface area contributed by atoms with Crippen molar-refractivity contribution in [2.45, 2.75) is 33.2 Å². The summed E-state index contributed by atoms with van der Waals surface area (Å²) < 4.78 is 6.76. The lowest BCUT2D eigenvalue weighted by Crippen LogP contribution is -2.41. The normalized spacial score (nSPS) is 12.0. The van der Waals surface area contributed by atoms with Crippen LogP contribution in [0.2, 0.25) is 0 Å². The molecule has 2 aromatic rings. The van der Waals surface area contributed by atoms with E-state index in [1.165, 1.54) is 0 Å². The van der Waals surface area contributed by atoms with Gasteiger partial charge in [0, 0.05) is 5.69 Å². The molecule has 1 aromatic carbocycles. The Morgan fingerprint density at radius 1 is 1.28 bits per heavy atom. The fourth-order valence-corrected chi connectivity index (χ4v) is 2.50. The summed E-state index contributed by atoms with van der Waals surface area (Å²) in [6, 6.07) is 7.98. The molecule has 1 unspecified atom stereocenters. The number of carbonyl (C=O) groups is 2. The zero-order chi connectivity index (χ0) is 18.6. The largest absolute Gasteiger partial charge is 0.497 e. The summed E-state index contributed by atoms with van der Waals surface area (Å²) in [5, 5.41) is 16.1. The number of nitrogens with zero attached hydrogens (tertiary/aromatic N) is 2. The highest BCUT2D eigenvalue weighted by Gasteiger charge is 2.23. The molecule has 25 heavy (non-hydrogen) atoms. The van der Waals surface area contributed by atoms with Gasteiger partial charge < -0.3 is 15.2 Å². The Morgan fingerprint density at radius 2 is 1.92 bits per heavy atom. The molecular formula is C18H23N3O4. The van der Waals surface area contributed by atoms with Gasteiger partial charge in [0.05, 0.1) is 12.8 Å². The van der Waals surface area contributed by atoms with Crippen molar-refractivity contribution in [2.24, 2.45) is 5.92 Å². The van der Waals surface area contributed by atoms with Gasteiger partial charge in [0.2, 0.25) is 0 Å². The third-order valence-electron chi connectivity index (χ3n) is 3.75. The molecule has 1 aromatic heterocycles. The van der Waals surface area contributed by atoms with Crippen LogP contribution in [0.15, 0.2) is 30.3 Å². The lowest BCUT2D eigenvalue weighted by molar-refractivity contribution is -0.139. The molecule has 2 N–H and O–H groups in total. The Morgan fingerprint density at radius 3 is 2.44 bits per heavy atom. The Labute approximate surface area is 146 Å². The average molecular weight is 345 g/mol. The summed E-state index contributed by atoms with van der Waals surface area (Å²) in [6.07, 6.45) is 0.360. The zero-order valence-electron chi connectivity index (χ0n) is 14.8. The number of aryl methyl sites for hydroxylation is 1. The summed E-state index contributed by atoms with van der Waals surface area (Å²) >= 11 is 0. The summed E-state index contributed by atoms with van der Waals surface area (Å²) in [4.78, 5) is 23.7. The highest BCUT2D eigenvalue weighted by molar-refractivity contribution is 5.95. The van der Waals surface area contributed by atoms with Gasteiger partial charge in [-0.15, -0.1) is 0 Å². The number of carboxylic acids is 1. The van der Waals surface area contributed by atoms with Crippen LogP contribution >= 0.6 is 0 Å². The first-order chi connectivity index (χ1) is 11.8. The fraction of sp³-hybridized carbons (Fsp3) is 0.389. The van der Waals surface area contributed by atoms with Crippen LogP contribution in [0.5, 0.6) is 5.75 Å². The van der Waals surface area contributed by atoms with E-state index in [0.29, 0.717) is 6.42 Å². The van der Waals surface area contributed by atoms with Gasteiger partial charge in [-0.25, -0.2) is 9.48 Å². The molecule has 0 aliphatic carbocycles. The monoisotopic (exact) mass is 345 g/mol. The van der Waals surface area contributed by atoms with Crippen LogP contribution in [0, 0.1) is 12.8 Å². The molecule has 0 aliphatic heterocycles. The van der Waals surface area contributed by atoms with E-state index in [1.807, 2.05) is 32.9 Å². The van der Waals surface area contributed by atoms with Crippen LogP contribution in [0.1, 0.15) is 36.5 Å². The first-order valence-electron chi connectivity index (χ1n) is 8.06. The first-order valence-corrected chi connectivity index (χ1v) is 8.06. The van der Waals surface area contributed by atoms with Crippen molar-refractivity contribution < 1.29 is 19.4 Å². The van der Waals surface area contributed by atoms with Gasteiger partial charge in [-0.3, -0.25) is 4.79 Å². The first kappa shape index (κ1) is 18.5. The number of carboxylic acid groups (broad SMARTS) is 1. The highest BCUT2D eigenvalue weighted by Crippen LogP contribution is 2.17. The summed E-state index contributed by atoms with van der Waals surface area (Å²) in [7, 11) is 1.59. The van der Waals surface area contributed by atoms with E-state index < -0.39 is 17.9 Å². The number of carbonyl (C=O) groups excluding carboxylic acids is 1. The molecule has 0 spiro atoms. The Hall–Kier alpha value is -2.83. The number of ether oxygens (including phenoxy) is 1. The van der Waals surface area contributed by atoms with Crippen LogP contribution < -0.4 is 10.1 Å². The van der Waals surface area contributed by atoms with Crippen LogP contribution in [-0.4, -0.2) is 39.9 Å². The molecule has 0 saturated carbocycles. The van der Waals surface area contributed by atoms with Gasteiger partial charge in [0.15, 0.2) is 5.69 Å². The van der Waals surface area contributed by atoms with E-state index in [9.17, 15) is 14.7 Å². The van der Waals surface area contributed by atoms with E-state index >= 15 is 0 Å². The van der Waals surface area contributed by atoms with Crippen molar-refractivity contribution in [1.82, 2.24) is 15.1 Å². The number of aliphatic carboxylic acids is 1. The predicted molar refractivity (Wildman–Crippen MR) is 93.2 cm³/mol. The van der Waals surface area contributed by atoms with Crippen molar-refractivity contribution in [3.05, 3.63) is 41.7 Å². The maximum atomic E-state index is 12.4. The molecule has 0 radical (unpaired) electrons. The third-order valence-corrected chi connectivity index (χ3v) is 3.75. The second-order valence-corrected chi connectivity index (χ2v) is 6.27. The van der Waals surface area contributed by atoms with Gasteiger partial charge in [-0.05, 0) is 49.6 Å². The fourth-order valence-electron chi connectivity index (χ4n) is 2.50. The Balaban J connectivity index is 2.19.